The van der Waals surface area contributed by atoms with Gasteiger partial charge in [0, 0.05) is 49.2 Å². The van der Waals surface area contributed by atoms with Crippen molar-refractivity contribution in [2.45, 2.75) is 31.3 Å². The molecule has 3 aliphatic heterocycles. The van der Waals surface area contributed by atoms with Crippen LogP contribution in [0.15, 0.2) is 42.7 Å². The molecule has 32 heavy (non-hydrogen) atoms. The van der Waals surface area contributed by atoms with E-state index in [1.807, 2.05) is 35.4 Å². The smallest absolute Gasteiger partial charge is 0.241 e. The molecular formula is C23H27N5O4. The van der Waals surface area contributed by atoms with Crippen LogP contribution in [0.25, 0.3) is 0 Å². The third kappa shape index (κ3) is 4.39. The first kappa shape index (κ1) is 20.7. The van der Waals surface area contributed by atoms with Crippen LogP contribution in [-0.4, -0.2) is 54.0 Å². The van der Waals surface area contributed by atoms with Crippen molar-refractivity contribution in [3.8, 4) is 11.5 Å². The predicted molar refractivity (Wildman–Crippen MR) is 117 cm³/mol. The number of aromatic nitrogens is 1. The number of rotatable bonds is 4. The molecule has 9 nitrogen and oxygen atoms in total. The number of benzene rings is 1. The number of carbonyl (C=O) groups excluding carboxylic acids is 2. The Morgan fingerprint density at radius 2 is 1.88 bits per heavy atom. The van der Waals surface area contributed by atoms with Crippen molar-refractivity contribution < 1.29 is 19.1 Å². The Kier molecular flexibility index (Phi) is 5.91. The van der Waals surface area contributed by atoms with Gasteiger partial charge in [0.15, 0.2) is 11.5 Å². The molecule has 9 heteroatoms. The molecule has 2 unspecified atom stereocenters. The number of carbonyl (C=O) groups is 2. The molecule has 2 aromatic rings. The molecule has 2 atom stereocenters. The SMILES string of the molecule is O=C(Nc1ccc2c(c1)OCCO2)C1CCN(C(=O)C2CC(c3cccnc3)NN2)CC1. The van der Waals surface area contributed by atoms with E-state index in [9.17, 15) is 9.59 Å². The Morgan fingerprint density at radius 1 is 1.06 bits per heavy atom. The van der Waals surface area contributed by atoms with Crippen LogP contribution in [0.1, 0.15) is 30.9 Å². The fourth-order valence-corrected chi connectivity index (χ4v) is 4.47. The third-order valence-electron chi connectivity index (χ3n) is 6.28. The van der Waals surface area contributed by atoms with Crippen LogP contribution in [-0.2, 0) is 9.59 Å². The highest BCUT2D eigenvalue weighted by Gasteiger charge is 2.35. The summed E-state index contributed by atoms with van der Waals surface area (Å²) in [7, 11) is 0. The maximum absolute atomic E-state index is 13.0. The van der Waals surface area contributed by atoms with E-state index in [1.54, 1.807) is 12.3 Å². The fourth-order valence-electron chi connectivity index (χ4n) is 4.47. The number of hydrogen-bond donors (Lipinski definition) is 3. The summed E-state index contributed by atoms with van der Waals surface area (Å²) >= 11 is 0. The average Bonchev–Trinajstić information content (AvgIpc) is 3.34. The second-order valence-electron chi connectivity index (χ2n) is 8.36. The summed E-state index contributed by atoms with van der Waals surface area (Å²) in [4.78, 5) is 31.7. The van der Waals surface area contributed by atoms with Crippen molar-refractivity contribution in [1.29, 1.82) is 0 Å². The second kappa shape index (κ2) is 9.13. The quantitative estimate of drug-likeness (QED) is 0.668. The molecule has 168 valence electrons. The number of fused-ring (bicyclic) bond motifs is 1. The first-order valence-electron chi connectivity index (χ1n) is 11.1. The molecule has 0 aliphatic carbocycles. The maximum atomic E-state index is 13.0. The number of amides is 2. The number of piperidine rings is 1. The van der Waals surface area contributed by atoms with E-state index in [0.29, 0.717) is 62.8 Å². The molecule has 3 N–H and O–H groups in total. The standard InChI is InChI=1S/C23H27N5O4/c29-22(25-17-3-4-20-21(12-17)32-11-10-31-20)15-5-8-28(9-6-15)23(30)19-13-18(26-27-19)16-2-1-7-24-14-16/h1-4,7,12,14-15,18-19,26-27H,5-6,8-11,13H2,(H,25,29). The molecule has 1 aromatic heterocycles. The van der Waals surface area contributed by atoms with Crippen LogP contribution >= 0.6 is 0 Å². The number of pyridine rings is 1. The van der Waals surface area contributed by atoms with Gasteiger partial charge in [-0.2, -0.15) is 0 Å². The van der Waals surface area contributed by atoms with E-state index in [4.69, 9.17) is 9.47 Å². The monoisotopic (exact) mass is 437 g/mol. The highest BCUT2D eigenvalue weighted by atomic mass is 16.6. The molecule has 2 saturated heterocycles. The molecule has 5 rings (SSSR count). The van der Waals surface area contributed by atoms with Gasteiger partial charge >= 0.3 is 0 Å². The third-order valence-corrected chi connectivity index (χ3v) is 6.28. The predicted octanol–water partition coefficient (Wildman–Crippen LogP) is 1.64. The van der Waals surface area contributed by atoms with Gasteiger partial charge in [-0.1, -0.05) is 6.07 Å². The Hall–Kier alpha value is -3.17. The molecule has 2 fully saturated rings. The number of nitrogens with zero attached hydrogens (tertiary/aromatic N) is 2. The second-order valence-corrected chi connectivity index (χ2v) is 8.36. The fraction of sp³-hybridized carbons (Fsp3) is 0.435. The van der Waals surface area contributed by atoms with E-state index in [1.165, 1.54) is 0 Å². The van der Waals surface area contributed by atoms with Crippen molar-refractivity contribution in [2.75, 3.05) is 31.6 Å². The minimum atomic E-state index is -0.275. The number of nitrogens with one attached hydrogen (secondary N) is 3. The summed E-state index contributed by atoms with van der Waals surface area (Å²) in [5, 5.41) is 2.98. The largest absolute Gasteiger partial charge is 0.486 e. The molecule has 0 radical (unpaired) electrons. The number of hydrogen-bond acceptors (Lipinski definition) is 7. The van der Waals surface area contributed by atoms with Gasteiger partial charge in [-0.3, -0.25) is 14.6 Å². The molecule has 0 bridgehead atoms. The lowest BCUT2D eigenvalue weighted by atomic mass is 9.94. The minimum Gasteiger partial charge on any atom is -0.486 e. The highest BCUT2D eigenvalue weighted by molar-refractivity contribution is 5.93. The zero-order chi connectivity index (χ0) is 21.9. The lowest BCUT2D eigenvalue weighted by Gasteiger charge is -2.33. The van der Waals surface area contributed by atoms with Crippen LogP contribution < -0.4 is 25.6 Å². The zero-order valence-electron chi connectivity index (χ0n) is 17.8. The number of hydrazine groups is 1. The summed E-state index contributed by atoms with van der Waals surface area (Å²) in [5.41, 5.74) is 8.08. The Labute approximate surface area is 186 Å². The van der Waals surface area contributed by atoms with E-state index in [0.717, 1.165) is 5.56 Å². The van der Waals surface area contributed by atoms with Gasteiger partial charge < -0.3 is 19.7 Å². The topological polar surface area (TPSA) is 105 Å². The van der Waals surface area contributed by atoms with Crippen molar-refractivity contribution in [3.63, 3.8) is 0 Å². The average molecular weight is 438 g/mol. The summed E-state index contributed by atoms with van der Waals surface area (Å²) in [5.74, 6) is 1.28. The van der Waals surface area contributed by atoms with Crippen molar-refractivity contribution in [3.05, 3.63) is 48.3 Å². The first-order valence-corrected chi connectivity index (χ1v) is 11.1. The van der Waals surface area contributed by atoms with Gasteiger partial charge in [-0.05, 0) is 43.0 Å². The lowest BCUT2D eigenvalue weighted by molar-refractivity contribution is -0.136. The van der Waals surface area contributed by atoms with E-state index < -0.39 is 0 Å². The van der Waals surface area contributed by atoms with Crippen LogP contribution in [0.5, 0.6) is 11.5 Å². The van der Waals surface area contributed by atoms with Crippen molar-refractivity contribution >= 4 is 17.5 Å². The van der Waals surface area contributed by atoms with Crippen LogP contribution in [0.2, 0.25) is 0 Å². The Balaban J connectivity index is 1.12. The molecule has 0 spiro atoms. The number of likely N-dealkylation sites (tertiary alicyclic amines) is 1. The molecule has 2 amide bonds. The van der Waals surface area contributed by atoms with E-state index in [-0.39, 0.29) is 29.8 Å². The van der Waals surface area contributed by atoms with Gasteiger partial charge in [-0.15, -0.1) is 0 Å². The van der Waals surface area contributed by atoms with E-state index in [2.05, 4.69) is 21.2 Å². The highest BCUT2D eigenvalue weighted by Crippen LogP contribution is 2.33. The van der Waals surface area contributed by atoms with Crippen LogP contribution in [0.3, 0.4) is 0 Å². The minimum absolute atomic E-state index is 0.0222. The summed E-state index contributed by atoms with van der Waals surface area (Å²) in [6.07, 6.45) is 5.53. The number of ether oxygens (including phenoxy) is 2. The van der Waals surface area contributed by atoms with Gasteiger partial charge in [0.05, 0.1) is 0 Å². The van der Waals surface area contributed by atoms with E-state index >= 15 is 0 Å². The molecule has 3 aliphatic rings. The summed E-state index contributed by atoms with van der Waals surface area (Å²) < 4.78 is 11.1. The molecule has 1 aromatic carbocycles. The zero-order valence-corrected chi connectivity index (χ0v) is 17.8. The normalized spacial score (nSPS) is 23.1. The van der Waals surface area contributed by atoms with Crippen LogP contribution in [0, 0.1) is 5.92 Å². The Bertz CT molecular complexity index is 978. The first-order chi connectivity index (χ1) is 15.7. The molecule has 0 saturated carbocycles. The Morgan fingerprint density at radius 3 is 2.66 bits per heavy atom. The van der Waals surface area contributed by atoms with Crippen molar-refractivity contribution in [2.24, 2.45) is 5.92 Å². The van der Waals surface area contributed by atoms with Crippen molar-refractivity contribution in [1.82, 2.24) is 20.7 Å². The van der Waals surface area contributed by atoms with Crippen LogP contribution in [0.4, 0.5) is 5.69 Å². The van der Waals surface area contributed by atoms with Gasteiger partial charge in [0.2, 0.25) is 11.8 Å². The lowest BCUT2D eigenvalue weighted by Crippen LogP contribution is -2.49. The molecule has 4 heterocycles. The number of anilines is 1. The van der Waals surface area contributed by atoms with Gasteiger partial charge in [0.25, 0.3) is 0 Å². The maximum Gasteiger partial charge on any atom is 0.241 e. The van der Waals surface area contributed by atoms with Gasteiger partial charge in [0.1, 0.15) is 19.3 Å². The summed E-state index contributed by atoms with van der Waals surface area (Å²) in [6.45, 7) is 2.19. The molecular weight excluding hydrogens is 410 g/mol. The van der Waals surface area contributed by atoms with Gasteiger partial charge in [-0.25, -0.2) is 10.9 Å². The summed E-state index contributed by atoms with van der Waals surface area (Å²) in [6, 6.07) is 9.12.